The van der Waals surface area contributed by atoms with Crippen molar-refractivity contribution >= 4 is 29.6 Å². The van der Waals surface area contributed by atoms with E-state index in [1.807, 2.05) is 0 Å². The summed E-state index contributed by atoms with van der Waals surface area (Å²) in [5, 5.41) is 14.5. The van der Waals surface area contributed by atoms with Crippen molar-refractivity contribution in [2.75, 3.05) is 5.43 Å². The fourth-order valence-corrected chi connectivity index (χ4v) is 1.48. The number of furan rings is 1. The van der Waals surface area contributed by atoms with Crippen molar-refractivity contribution in [2.24, 2.45) is 5.10 Å². The predicted molar refractivity (Wildman–Crippen MR) is 68.4 cm³/mol. The summed E-state index contributed by atoms with van der Waals surface area (Å²) in [5.74, 6) is 0.108. The molecule has 0 aliphatic rings. The Balaban J connectivity index is 2.04. The number of nitro groups is 1. The van der Waals surface area contributed by atoms with Crippen LogP contribution in [0.4, 0.5) is 11.8 Å². The molecule has 2 rings (SSSR count). The van der Waals surface area contributed by atoms with Crippen molar-refractivity contribution in [1.29, 1.82) is 0 Å². The normalized spacial score (nSPS) is 10.8. The van der Waals surface area contributed by atoms with Crippen LogP contribution >= 0.6 is 11.6 Å². The van der Waals surface area contributed by atoms with Gasteiger partial charge in [0.05, 0.1) is 12.3 Å². The van der Waals surface area contributed by atoms with Gasteiger partial charge in [0.2, 0.25) is 5.95 Å². The first-order valence-corrected chi connectivity index (χ1v) is 5.47. The first-order valence-electron chi connectivity index (χ1n) is 5.09. The molecule has 0 bridgehead atoms. The Kier molecular flexibility index (Phi) is 3.71. The molecule has 0 spiro atoms. The van der Waals surface area contributed by atoms with E-state index in [1.54, 1.807) is 13.0 Å². The number of hydrogen-bond acceptors (Lipinski definition) is 7. The molecule has 98 valence electrons. The largest absolute Gasteiger partial charge is 0.433 e. The molecule has 8 nitrogen and oxygen atoms in total. The molecule has 2 aromatic rings. The second kappa shape index (κ2) is 5.44. The van der Waals surface area contributed by atoms with Crippen LogP contribution in [-0.2, 0) is 0 Å². The average Bonchev–Trinajstić information content (AvgIpc) is 2.76. The standard InChI is InChI=1S/C10H8ClN5O3/c1-6-4-8(11)14-10(13-6)15-12-5-7-2-3-9(19-7)16(17)18/h2-5H,1H3,(H,13,14,15)/b12-5+. The summed E-state index contributed by atoms with van der Waals surface area (Å²) in [4.78, 5) is 17.7. The molecular formula is C10H8ClN5O3. The molecule has 9 heteroatoms. The van der Waals surface area contributed by atoms with Crippen molar-refractivity contribution in [3.63, 3.8) is 0 Å². The lowest BCUT2D eigenvalue weighted by Gasteiger charge is -1.99. The number of halogens is 1. The zero-order chi connectivity index (χ0) is 13.8. The van der Waals surface area contributed by atoms with Gasteiger partial charge in [-0.05, 0) is 19.1 Å². The number of aromatic nitrogens is 2. The minimum absolute atomic E-state index is 0.224. The summed E-state index contributed by atoms with van der Waals surface area (Å²) in [6.07, 6.45) is 1.27. The molecule has 0 aliphatic carbocycles. The quantitative estimate of drug-likeness (QED) is 0.399. The Hall–Kier alpha value is -2.48. The van der Waals surface area contributed by atoms with Crippen LogP contribution in [0.3, 0.4) is 0 Å². The van der Waals surface area contributed by atoms with Gasteiger partial charge < -0.3 is 4.42 Å². The van der Waals surface area contributed by atoms with Gasteiger partial charge in [-0.3, -0.25) is 10.1 Å². The summed E-state index contributed by atoms with van der Waals surface area (Å²) in [6.45, 7) is 1.76. The van der Waals surface area contributed by atoms with Gasteiger partial charge in [0, 0.05) is 5.69 Å². The Morgan fingerprint density at radius 2 is 2.32 bits per heavy atom. The third-order valence-electron chi connectivity index (χ3n) is 1.97. The van der Waals surface area contributed by atoms with Crippen LogP contribution in [0.1, 0.15) is 11.5 Å². The molecule has 0 atom stereocenters. The van der Waals surface area contributed by atoms with E-state index >= 15 is 0 Å². The van der Waals surface area contributed by atoms with E-state index < -0.39 is 4.92 Å². The summed E-state index contributed by atoms with van der Waals surface area (Å²) < 4.78 is 4.88. The van der Waals surface area contributed by atoms with Crippen molar-refractivity contribution in [3.8, 4) is 0 Å². The van der Waals surface area contributed by atoms with Gasteiger partial charge in [0.25, 0.3) is 0 Å². The van der Waals surface area contributed by atoms with Gasteiger partial charge in [-0.1, -0.05) is 11.6 Å². The third kappa shape index (κ3) is 3.49. The zero-order valence-electron chi connectivity index (χ0n) is 9.70. The third-order valence-corrected chi connectivity index (χ3v) is 2.17. The average molecular weight is 282 g/mol. The van der Waals surface area contributed by atoms with E-state index in [4.69, 9.17) is 16.0 Å². The lowest BCUT2D eigenvalue weighted by atomic mass is 10.5. The second-order valence-corrected chi connectivity index (χ2v) is 3.85. The zero-order valence-corrected chi connectivity index (χ0v) is 10.5. The van der Waals surface area contributed by atoms with Crippen LogP contribution < -0.4 is 5.43 Å². The van der Waals surface area contributed by atoms with E-state index in [-0.39, 0.29) is 17.6 Å². The summed E-state index contributed by atoms with van der Waals surface area (Å²) in [7, 11) is 0. The van der Waals surface area contributed by atoms with Crippen LogP contribution in [0.25, 0.3) is 0 Å². The van der Waals surface area contributed by atoms with Crippen LogP contribution in [0.2, 0.25) is 5.15 Å². The van der Waals surface area contributed by atoms with Crippen molar-refractivity contribution < 1.29 is 9.34 Å². The maximum Gasteiger partial charge on any atom is 0.433 e. The lowest BCUT2D eigenvalue weighted by Crippen LogP contribution is -1.98. The van der Waals surface area contributed by atoms with Crippen LogP contribution in [0.5, 0.6) is 0 Å². The number of nitrogens with one attached hydrogen (secondary N) is 1. The van der Waals surface area contributed by atoms with Crippen LogP contribution in [0.15, 0.2) is 27.7 Å². The van der Waals surface area contributed by atoms with Crippen LogP contribution in [-0.4, -0.2) is 21.1 Å². The molecule has 2 aromatic heterocycles. The first kappa shape index (κ1) is 13.0. The molecule has 1 N–H and O–H groups in total. The molecule has 0 amide bonds. The number of nitrogens with zero attached hydrogens (tertiary/aromatic N) is 4. The van der Waals surface area contributed by atoms with E-state index in [0.717, 1.165) is 0 Å². The molecule has 0 saturated heterocycles. The highest BCUT2D eigenvalue weighted by Crippen LogP contribution is 2.14. The summed E-state index contributed by atoms with van der Waals surface area (Å²) >= 11 is 5.75. The molecular weight excluding hydrogens is 274 g/mol. The molecule has 2 heterocycles. The van der Waals surface area contributed by atoms with Crippen molar-refractivity contribution in [2.45, 2.75) is 6.92 Å². The molecule has 0 radical (unpaired) electrons. The van der Waals surface area contributed by atoms with E-state index in [0.29, 0.717) is 10.8 Å². The van der Waals surface area contributed by atoms with Crippen molar-refractivity contribution in [3.05, 3.63) is 44.9 Å². The number of hydrogen-bond donors (Lipinski definition) is 1. The SMILES string of the molecule is Cc1cc(Cl)nc(N/N=C/c2ccc([N+](=O)[O-])o2)n1. The Bertz CT molecular complexity index is 620. The van der Waals surface area contributed by atoms with E-state index in [9.17, 15) is 10.1 Å². The highest BCUT2D eigenvalue weighted by Gasteiger charge is 2.10. The predicted octanol–water partition coefficient (Wildman–Crippen LogP) is 2.39. The molecule has 0 unspecified atom stereocenters. The van der Waals surface area contributed by atoms with Gasteiger partial charge in [-0.25, -0.2) is 10.4 Å². The molecule has 0 fully saturated rings. The van der Waals surface area contributed by atoms with Gasteiger partial charge in [0.15, 0.2) is 5.76 Å². The molecule has 0 aromatic carbocycles. The number of hydrazone groups is 1. The van der Waals surface area contributed by atoms with Gasteiger partial charge >= 0.3 is 5.88 Å². The minimum Gasteiger partial charge on any atom is -0.400 e. The Morgan fingerprint density at radius 3 is 2.95 bits per heavy atom. The minimum atomic E-state index is -0.631. The van der Waals surface area contributed by atoms with Gasteiger partial charge in [-0.2, -0.15) is 10.1 Å². The topological polar surface area (TPSA) is 106 Å². The van der Waals surface area contributed by atoms with Gasteiger partial charge in [0.1, 0.15) is 10.1 Å². The number of aryl methyl sites for hydroxylation is 1. The van der Waals surface area contributed by atoms with Crippen LogP contribution in [0, 0.1) is 17.0 Å². The molecule has 0 aliphatic heterocycles. The smallest absolute Gasteiger partial charge is 0.400 e. The van der Waals surface area contributed by atoms with E-state index in [2.05, 4.69) is 20.5 Å². The Labute approximate surface area is 112 Å². The highest BCUT2D eigenvalue weighted by atomic mass is 35.5. The fraction of sp³-hybridized carbons (Fsp3) is 0.100. The maximum absolute atomic E-state index is 10.4. The Morgan fingerprint density at radius 1 is 1.53 bits per heavy atom. The molecule has 0 saturated carbocycles. The highest BCUT2D eigenvalue weighted by molar-refractivity contribution is 6.29. The lowest BCUT2D eigenvalue weighted by molar-refractivity contribution is -0.402. The fourth-order valence-electron chi connectivity index (χ4n) is 1.24. The van der Waals surface area contributed by atoms with Gasteiger partial charge in [-0.15, -0.1) is 0 Å². The summed E-state index contributed by atoms with van der Waals surface area (Å²) in [6, 6.07) is 4.26. The first-order chi connectivity index (χ1) is 9.04. The van der Waals surface area contributed by atoms with Crippen molar-refractivity contribution in [1.82, 2.24) is 9.97 Å². The monoisotopic (exact) mass is 281 g/mol. The maximum atomic E-state index is 10.4. The summed E-state index contributed by atoms with van der Waals surface area (Å²) in [5.41, 5.74) is 3.23. The molecule has 19 heavy (non-hydrogen) atoms. The van der Waals surface area contributed by atoms with E-state index in [1.165, 1.54) is 18.3 Å². The second-order valence-electron chi connectivity index (χ2n) is 3.46. The number of rotatable bonds is 4. The number of anilines is 1.